The normalized spacial score (nSPS) is 12.6. The van der Waals surface area contributed by atoms with Crippen molar-refractivity contribution in [3.05, 3.63) is 42.1 Å². The summed E-state index contributed by atoms with van der Waals surface area (Å²) in [6.45, 7) is 0. The molecule has 16 heavy (non-hydrogen) atoms. The largest absolute Gasteiger partial charge is 0.370 e. The summed E-state index contributed by atoms with van der Waals surface area (Å²) >= 11 is 0. The van der Waals surface area contributed by atoms with Gasteiger partial charge in [-0.2, -0.15) is 0 Å². The minimum atomic E-state index is -0.390. The third-order valence-electron chi connectivity index (χ3n) is 2.48. The van der Waals surface area contributed by atoms with Crippen LogP contribution in [-0.4, -0.2) is 10.9 Å². The van der Waals surface area contributed by atoms with Gasteiger partial charge in [-0.3, -0.25) is 9.78 Å². The lowest BCUT2D eigenvalue weighted by Gasteiger charge is -2.10. The predicted molar refractivity (Wildman–Crippen MR) is 62.5 cm³/mol. The lowest BCUT2D eigenvalue weighted by atomic mass is 10.0. The molecule has 0 spiro atoms. The first-order valence-electron chi connectivity index (χ1n) is 5.05. The van der Waals surface area contributed by atoms with Crippen molar-refractivity contribution in [2.24, 2.45) is 11.5 Å². The first-order chi connectivity index (χ1) is 7.66. The van der Waals surface area contributed by atoms with Gasteiger partial charge < -0.3 is 11.5 Å². The summed E-state index contributed by atoms with van der Waals surface area (Å²) in [5, 5.41) is 1.01. The number of fused-ring (bicyclic) bond motifs is 1. The summed E-state index contributed by atoms with van der Waals surface area (Å²) in [6, 6.07) is 9.20. The lowest BCUT2D eigenvalue weighted by molar-refractivity contribution is -0.118. The second-order valence-electron chi connectivity index (χ2n) is 3.73. The number of hydrogen-bond acceptors (Lipinski definition) is 3. The highest BCUT2D eigenvalue weighted by molar-refractivity contribution is 5.79. The number of carbonyl (C=O) groups is 1. The van der Waals surface area contributed by atoms with Crippen LogP contribution < -0.4 is 11.5 Å². The molecule has 0 saturated carbocycles. The van der Waals surface area contributed by atoms with E-state index in [9.17, 15) is 4.79 Å². The average Bonchev–Trinajstić information content (AvgIpc) is 2.27. The van der Waals surface area contributed by atoms with E-state index in [1.54, 1.807) is 6.20 Å². The molecule has 1 aromatic heterocycles. The molecule has 1 atom stereocenters. The fraction of sp³-hybridized carbons (Fsp3) is 0.167. The zero-order chi connectivity index (χ0) is 11.5. The van der Waals surface area contributed by atoms with E-state index < -0.39 is 5.91 Å². The molecule has 4 N–H and O–H groups in total. The van der Waals surface area contributed by atoms with E-state index in [1.807, 2.05) is 30.3 Å². The Balaban J connectivity index is 2.35. The summed E-state index contributed by atoms with van der Waals surface area (Å²) < 4.78 is 0. The Morgan fingerprint density at radius 2 is 2.19 bits per heavy atom. The number of carbonyl (C=O) groups excluding carboxylic acids is 1. The molecule has 1 amide bonds. The average molecular weight is 215 g/mol. The van der Waals surface area contributed by atoms with Crippen molar-refractivity contribution < 1.29 is 4.79 Å². The minimum absolute atomic E-state index is 0.159. The fourth-order valence-electron chi connectivity index (χ4n) is 1.66. The van der Waals surface area contributed by atoms with Crippen LogP contribution in [0, 0.1) is 0 Å². The molecule has 4 nitrogen and oxygen atoms in total. The number of benzene rings is 1. The Kier molecular flexibility index (Phi) is 2.83. The number of amides is 1. The van der Waals surface area contributed by atoms with Crippen LogP contribution in [0.5, 0.6) is 0 Å². The number of aromatic nitrogens is 1. The molecular weight excluding hydrogens is 202 g/mol. The number of nitrogens with zero attached hydrogens (tertiary/aromatic N) is 1. The number of primary amides is 1. The summed E-state index contributed by atoms with van der Waals surface area (Å²) in [5.74, 6) is -0.390. The third kappa shape index (κ3) is 2.17. The van der Waals surface area contributed by atoms with Gasteiger partial charge in [0.05, 0.1) is 5.52 Å². The van der Waals surface area contributed by atoms with Crippen LogP contribution in [0.4, 0.5) is 0 Å². The van der Waals surface area contributed by atoms with Crippen LogP contribution in [-0.2, 0) is 4.79 Å². The molecule has 82 valence electrons. The van der Waals surface area contributed by atoms with Gasteiger partial charge in [-0.15, -0.1) is 0 Å². The second kappa shape index (κ2) is 4.28. The Morgan fingerprint density at radius 3 is 2.94 bits per heavy atom. The topological polar surface area (TPSA) is 82.0 Å². The predicted octanol–water partition coefficient (Wildman–Crippen LogP) is 1.11. The van der Waals surface area contributed by atoms with Crippen LogP contribution in [0.3, 0.4) is 0 Å². The Hall–Kier alpha value is -1.94. The summed E-state index contributed by atoms with van der Waals surface area (Å²) in [4.78, 5) is 15.0. The maximum atomic E-state index is 10.8. The standard InChI is InChI=1S/C12H13N3O/c13-10(7-12(14)16)8-3-4-11-9(6-8)2-1-5-15-11/h1-6,10H,7,13H2,(H2,14,16)/t10-/m1/s1. The minimum Gasteiger partial charge on any atom is -0.370 e. The highest BCUT2D eigenvalue weighted by Gasteiger charge is 2.09. The van der Waals surface area contributed by atoms with Gasteiger partial charge in [-0.1, -0.05) is 12.1 Å². The molecule has 1 heterocycles. The van der Waals surface area contributed by atoms with E-state index in [4.69, 9.17) is 11.5 Å². The molecular formula is C12H13N3O. The van der Waals surface area contributed by atoms with Gasteiger partial charge in [0.2, 0.25) is 5.91 Å². The molecule has 0 aliphatic carbocycles. The molecule has 0 fully saturated rings. The zero-order valence-corrected chi connectivity index (χ0v) is 8.76. The van der Waals surface area contributed by atoms with Crippen molar-refractivity contribution in [3.63, 3.8) is 0 Å². The lowest BCUT2D eigenvalue weighted by Crippen LogP contribution is -2.20. The highest BCUT2D eigenvalue weighted by Crippen LogP contribution is 2.19. The molecule has 0 aliphatic heterocycles. The molecule has 0 bridgehead atoms. The first-order valence-corrected chi connectivity index (χ1v) is 5.05. The van der Waals surface area contributed by atoms with Crippen LogP contribution >= 0.6 is 0 Å². The van der Waals surface area contributed by atoms with Crippen LogP contribution in [0.1, 0.15) is 18.0 Å². The molecule has 2 aromatic rings. The number of nitrogens with two attached hydrogens (primary N) is 2. The number of hydrogen-bond donors (Lipinski definition) is 2. The van der Waals surface area contributed by atoms with Gasteiger partial charge in [-0.05, 0) is 23.8 Å². The molecule has 0 saturated heterocycles. The Morgan fingerprint density at radius 1 is 1.38 bits per heavy atom. The van der Waals surface area contributed by atoms with Crippen molar-refractivity contribution in [3.8, 4) is 0 Å². The number of pyridine rings is 1. The van der Waals surface area contributed by atoms with E-state index in [-0.39, 0.29) is 12.5 Å². The SMILES string of the molecule is NC(=O)C[C@@H](N)c1ccc2ncccc2c1. The van der Waals surface area contributed by atoms with Crippen molar-refractivity contribution in [1.82, 2.24) is 4.98 Å². The molecule has 2 rings (SSSR count). The van der Waals surface area contributed by atoms with Gasteiger partial charge in [0.1, 0.15) is 0 Å². The van der Waals surface area contributed by atoms with E-state index in [0.29, 0.717) is 0 Å². The van der Waals surface area contributed by atoms with Gasteiger partial charge in [0.15, 0.2) is 0 Å². The first kappa shape index (κ1) is 10.6. The quantitative estimate of drug-likeness (QED) is 0.804. The van der Waals surface area contributed by atoms with E-state index in [0.717, 1.165) is 16.5 Å². The van der Waals surface area contributed by atoms with Crippen molar-refractivity contribution in [2.75, 3.05) is 0 Å². The Labute approximate surface area is 93.3 Å². The highest BCUT2D eigenvalue weighted by atomic mass is 16.1. The van der Waals surface area contributed by atoms with Gasteiger partial charge in [0, 0.05) is 24.0 Å². The summed E-state index contributed by atoms with van der Waals surface area (Å²) in [7, 11) is 0. The van der Waals surface area contributed by atoms with Crippen molar-refractivity contribution in [2.45, 2.75) is 12.5 Å². The molecule has 0 unspecified atom stereocenters. The monoisotopic (exact) mass is 215 g/mol. The third-order valence-corrected chi connectivity index (χ3v) is 2.48. The van der Waals surface area contributed by atoms with E-state index in [1.165, 1.54) is 0 Å². The van der Waals surface area contributed by atoms with Crippen LogP contribution in [0.25, 0.3) is 10.9 Å². The summed E-state index contributed by atoms with van der Waals surface area (Å²) in [6.07, 6.45) is 1.90. The van der Waals surface area contributed by atoms with Gasteiger partial charge in [-0.25, -0.2) is 0 Å². The molecule has 0 radical (unpaired) electrons. The second-order valence-corrected chi connectivity index (χ2v) is 3.73. The van der Waals surface area contributed by atoms with Crippen LogP contribution in [0.2, 0.25) is 0 Å². The van der Waals surface area contributed by atoms with Crippen molar-refractivity contribution >= 4 is 16.8 Å². The molecule has 0 aliphatic rings. The smallest absolute Gasteiger partial charge is 0.219 e. The number of rotatable bonds is 3. The van der Waals surface area contributed by atoms with Crippen molar-refractivity contribution in [1.29, 1.82) is 0 Å². The zero-order valence-electron chi connectivity index (χ0n) is 8.76. The fourth-order valence-corrected chi connectivity index (χ4v) is 1.66. The van der Waals surface area contributed by atoms with Gasteiger partial charge >= 0.3 is 0 Å². The summed E-state index contributed by atoms with van der Waals surface area (Å²) in [5.41, 5.74) is 12.8. The molecule has 4 heteroatoms. The maximum Gasteiger partial charge on any atom is 0.219 e. The van der Waals surface area contributed by atoms with E-state index in [2.05, 4.69) is 4.98 Å². The van der Waals surface area contributed by atoms with Crippen LogP contribution in [0.15, 0.2) is 36.5 Å². The molecule has 1 aromatic carbocycles. The van der Waals surface area contributed by atoms with E-state index >= 15 is 0 Å². The Bertz CT molecular complexity index is 524. The van der Waals surface area contributed by atoms with Gasteiger partial charge in [0.25, 0.3) is 0 Å². The maximum absolute atomic E-state index is 10.8.